The molecule has 5 nitrogen and oxygen atoms in total. The predicted molar refractivity (Wildman–Crippen MR) is 68.1 cm³/mol. The van der Waals surface area contributed by atoms with Crippen molar-refractivity contribution in [2.24, 2.45) is 5.92 Å². The average Bonchev–Trinajstić information content (AvgIpc) is 2.88. The summed E-state index contributed by atoms with van der Waals surface area (Å²) in [6.07, 6.45) is 10.6. The van der Waals surface area contributed by atoms with Crippen LogP contribution in [0.15, 0.2) is 12.2 Å². The second-order valence-corrected chi connectivity index (χ2v) is 5.19. The van der Waals surface area contributed by atoms with Crippen molar-refractivity contribution < 1.29 is 4.79 Å². The number of allylic oxidation sites excluding steroid dienone is 2. The maximum absolute atomic E-state index is 11.8. The molecule has 1 amide bonds. The lowest BCUT2D eigenvalue weighted by Crippen LogP contribution is -2.16. The van der Waals surface area contributed by atoms with Gasteiger partial charge < -0.3 is 0 Å². The second-order valence-electron chi connectivity index (χ2n) is 5.19. The van der Waals surface area contributed by atoms with E-state index in [1.807, 2.05) is 0 Å². The van der Waals surface area contributed by atoms with Gasteiger partial charge in [0.25, 0.3) is 0 Å². The molecule has 1 fully saturated rings. The molecule has 2 aliphatic rings. The van der Waals surface area contributed by atoms with Gasteiger partial charge >= 0.3 is 0 Å². The van der Waals surface area contributed by atoms with Gasteiger partial charge in [-0.15, -0.1) is 5.10 Å². The fourth-order valence-electron chi connectivity index (χ4n) is 2.47. The second kappa shape index (κ2) is 4.92. The van der Waals surface area contributed by atoms with Gasteiger partial charge in [-0.25, -0.2) is 0 Å². The van der Waals surface area contributed by atoms with E-state index in [4.69, 9.17) is 0 Å². The van der Waals surface area contributed by atoms with Crippen molar-refractivity contribution in [1.82, 2.24) is 15.2 Å². The molecule has 0 saturated heterocycles. The number of aromatic amines is 1. The largest absolute Gasteiger partial charge is 0.293 e. The standard InChI is InChI=1S/C13H18N4O/c18-11(8-9-4-1-2-5-9)14-13-15-12(16-17-13)10-6-3-7-10/h1,4,9-10H,2-3,5-8H2,(H2,14,15,16,17,18)/t9-/m1/s1. The fourth-order valence-corrected chi connectivity index (χ4v) is 2.47. The Balaban J connectivity index is 1.53. The number of aromatic nitrogens is 3. The molecule has 1 saturated carbocycles. The monoisotopic (exact) mass is 246 g/mol. The van der Waals surface area contributed by atoms with E-state index in [-0.39, 0.29) is 5.91 Å². The summed E-state index contributed by atoms with van der Waals surface area (Å²) < 4.78 is 0. The van der Waals surface area contributed by atoms with Crippen LogP contribution in [0.5, 0.6) is 0 Å². The Bertz CT molecular complexity index is 461. The normalized spacial score (nSPS) is 23.0. The lowest BCUT2D eigenvalue weighted by Gasteiger charge is -2.22. The molecule has 0 radical (unpaired) electrons. The van der Waals surface area contributed by atoms with Gasteiger partial charge in [0.2, 0.25) is 11.9 Å². The highest BCUT2D eigenvalue weighted by Crippen LogP contribution is 2.34. The summed E-state index contributed by atoms with van der Waals surface area (Å²) in [7, 11) is 0. The number of anilines is 1. The molecule has 1 heterocycles. The first-order valence-corrected chi connectivity index (χ1v) is 6.70. The number of H-pyrrole nitrogens is 1. The highest BCUT2D eigenvalue weighted by Gasteiger charge is 2.23. The Kier molecular flexibility index (Phi) is 3.13. The first kappa shape index (κ1) is 11.4. The molecular weight excluding hydrogens is 228 g/mol. The highest BCUT2D eigenvalue weighted by molar-refractivity contribution is 5.89. The van der Waals surface area contributed by atoms with E-state index >= 15 is 0 Å². The van der Waals surface area contributed by atoms with E-state index < -0.39 is 0 Å². The molecule has 2 aliphatic carbocycles. The third-order valence-corrected chi connectivity index (χ3v) is 3.81. The van der Waals surface area contributed by atoms with Crippen LogP contribution in [0.3, 0.4) is 0 Å². The number of hydrogen-bond acceptors (Lipinski definition) is 3. The van der Waals surface area contributed by atoms with E-state index in [0.29, 0.717) is 24.2 Å². The molecule has 96 valence electrons. The van der Waals surface area contributed by atoms with Crippen LogP contribution in [0.25, 0.3) is 0 Å². The number of rotatable bonds is 4. The topological polar surface area (TPSA) is 70.7 Å². The summed E-state index contributed by atoms with van der Waals surface area (Å²) in [5.74, 6) is 2.24. The van der Waals surface area contributed by atoms with Crippen molar-refractivity contribution in [3.63, 3.8) is 0 Å². The van der Waals surface area contributed by atoms with Gasteiger partial charge in [-0.2, -0.15) is 4.98 Å². The molecule has 1 aromatic rings. The molecule has 5 heteroatoms. The van der Waals surface area contributed by atoms with Crippen molar-refractivity contribution >= 4 is 11.9 Å². The van der Waals surface area contributed by atoms with Gasteiger partial charge in [-0.05, 0) is 31.6 Å². The van der Waals surface area contributed by atoms with Crippen LogP contribution in [0, 0.1) is 5.92 Å². The number of nitrogens with one attached hydrogen (secondary N) is 2. The Hall–Kier alpha value is -1.65. The third kappa shape index (κ3) is 2.44. The zero-order chi connectivity index (χ0) is 12.4. The number of amides is 1. The number of carbonyl (C=O) groups is 1. The molecule has 3 rings (SSSR count). The molecule has 1 atom stereocenters. The molecular formula is C13H18N4O. The summed E-state index contributed by atoms with van der Waals surface area (Å²) in [5, 5.41) is 9.73. The van der Waals surface area contributed by atoms with Gasteiger partial charge in [0.1, 0.15) is 5.82 Å². The molecule has 0 bridgehead atoms. The van der Waals surface area contributed by atoms with E-state index in [0.717, 1.165) is 18.7 Å². The molecule has 0 unspecified atom stereocenters. The predicted octanol–water partition coefficient (Wildman–Crippen LogP) is 2.37. The van der Waals surface area contributed by atoms with Crippen LogP contribution < -0.4 is 5.32 Å². The minimum Gasteiger partial charge on any atom is -0.293 e. The first-order valence-electron chi connectivity index (χ1n) is 6.70. The number of hydrogen-bond donors (Lipinski definition) is 2. The minimum absolute atomic E-state index is 0.00529. The van der Waals surface area contributed by atoms with Crippen molar-refractivity contribution in [2.45, 2.75) is 44.4 Å². The van der Waals surface area contributed by atoms with E-state index in [2.05, 4.69) is 32.7 Å². The molecule has 1 aromatic heterocycles. The maximum Gasteiger partial charge on any atom is 0.248 e. The van der Waals surface area contributed by atoms with Gasteiger partial charge in [0.15, 0.2) is 0 Å². The van der Waals surface area contributed by atoms with Crippen LogP contribution in [-0.4, -0.2) is 21.1 Å². The lowest BCUT2D eigenvalue weighted by molar-refractivity contribution is -0.116. The Morgan fingerprint density at radius 1 is 1.44 bits per heavy atom. The van der Waals surface area contributed by atoms with Crippen molar-refractivity contribution in [3.8, 4) is 0 Å². The van der Waals surface area contributed by atoms with Gasteiger partial charge in [0, 0.05) is 12.3 Å². The van der Waals surface area contributed by atoms with Crippen LogP contribution in [-0.2, 0) is 4.79 Å². The highest BCUT2D eigenvalue weighted by atomic mass is 16.1. The van der Waals surface area contributed by atoms with Crippen LogP contribution in [0.2, 0.25) is 0 Å². The summed E-state index contributed by atoms with van der Waals surface area (Å²) in [6.45, 7) is 0. The molecule has 0 aliphatic heterocycles. The Morgan fingerprint density at radius 2 is 2.33 bits per heavy atom. The first-order chi connectivity index (χ1) is 8.81. The summed E-state index contributed by atoms with van der Waals surface area (Å²) in [5.41, 5.74) is 0. The third-order valence-electron chi connectivity index (χ3n) is 3.81. The van der Waals surface area contributed by atoms with Crippen LogP contribution in [0.4, 0.5) is 5.95 Å². The molecule has 18 heavy (non-hydrogen) atoms. The lowest BCUT2D eigenvalue weighted by atomic mass is 9.85. The van der Waals surface area contributed by atoms with Gasteiger partial charge in [0.05, 0.1) is 0 Å². The molecule has 2 N–H and O–H groups in total. The van der Waals surface area contributed by atoms with E-state index in [9.17, 15) is 4.79 Å². The number of carbonyl (C=O) groups excluding carboxylic acids is 1. The van der Waals surface area contributed by atoms with Crippen LogP contribution >= 0.6 is 0 Å². The van der Waals surface area contributed by atoms with Gasteiger partial charge in [-0.3, -0.25) is 15.2 Å². The SMILES string of the molecule is O=C(C[C@@H]1C=CCC1)Nc1n[nH]c(C2CCC2)n1. The van der Waals surface area contributed by atoms with Gasteiger partial charge in [-0.1, -0.05) is 18.6 Å². The smallest absolute Gasteiger partial charge is 0.248 e. The quantitative estimate of drug-likeness (QED) is 0.801. The van der Waals surface area contributed by atoms with E-state index in [1.165, 1.54) is 19.3 Å². The van der Waals surface area contributed by atoms with E-state index in [1.54, 1.807) is 0 Å². The Morgan fingerprint density at radius 3 is 3.00 bits per heavy atom. The summed E-state index contributed by atoms with van der Waals surface area (Å²) >= 11 is 0. The van der Waals surface area contributed by atoms with Crippen molar-refractivity contribution in [2.75, 3.05) is 5.32 Å². The fraction of sp³-hybridized carbons (Fsp3) is 0.615. The van der Waals surface area contributed by atoms with Crippen molar-refractivity contribution in [3.05, 3.63) is 18.0 Å². The number of nitrogens with zero attached hydrogens (tertiary/aromatic N) is 2. The Labute approximate surface area is 106 Å². The van der Waals surface area contributed by atoms with Crippen LogP contribution in [0.1, 0.15) is 50.3 Å². The maximum atomic E-state index is 11.8. The minimum atomic E-state index is 0.00529. The molecule has 0 spiro atoms. The average molecular weight is 246 g/mol. The summed E-state index contributed by atoms with van der Waals surface area (Å²) in [4.78, 5) is 16.1. The molecule has 0 aromatic carbocycles. The zero-order valence-corrected chi connectivity index (χ0v) is 10.4. The summed E-state index contributed by atoms with van der Waals surface area (Å²) in [6, 6.07) is 0. The zero-order valence-electron chi connectivity index (χ0n) is 10.4. The van der Waals surface area contributed by atoms with Crippen molar-refractivity contribution in [1.29, 1.82) is 0 Å².